The molecule has 1 aromatic heterocycles. The Morgan fingerprint density at radius 1 is 1.07 bits per heavy atom. The van der Waals surface area contributed by atoms with Crippen LogP contribution in [0, 0.1) is 11.3 Å². The van der Waals surface area contributed by atoms with E-state index in [1.807, 2.05) is 26.2 Å². The van der Waals surface area contributed by atoms with E-state index in [2.05, 4.69) is 68.0 Å². The third-order valence-corrected chi connectivity index (χ3v) is 7.41. The minimum absolute atomic E-state index is 0.249. The highest BCUT2D eigenvalue weighted by molar-refractivity contribution is 5.43. The highest BCUT2D eigenvalue weighted by atomic mass is 16.3. The minimum Gasteiger partial charge on any atom is -0.390 e. The van der Waals surface area contributed by atoms with Crippen molar-refractivity contribution in [1.29, 1.82) is 0 Å². The molecule has 162 valence electrons. The first-order valence-corrected chi connectivity index (χ1v) is 11.1. The van der Waals surface area contributed by atoms with Crippen molar-refractivity contribution in [2.75, 3.05) is 20.1 Å². The van der Waals surface area contributed by atoms with Gasteiger partial charge in [0, 0.05) is 36.5 Å². The van der Waals surface area contributed by atoms with Crippen molar-refractivity contribution in [3.8, 4) is 0 Å². The molecule has 0 spiro atoms. The van der Waals surface area contributed by atoms with Gasteiger partial charge in [-0.25, -0.2) is 0 Å². The van der Waals surface area contributed by atoms with Crippen LogP contribution in [0.4, 0.5) is 0 Å². The lowest BCUT2D eigenvalue weighted by atomic mass is 9.62. The largest absolute Gasteiger partial charge is 0.390 e. The predicted molar refractivity (Wildman–Crippen MR) is 121 cm³/mol. The normalized spacial score (nSPS) is 25.6. The number of likely N-dealkylation sites (tertiary alicyclic amines) is 1. The van der Waals surface area contributed by atoms with E-state index >= 15 is 0 Å². The van der Waals surface area contributed by atoms with Crippen LogP contribution in [-0.2, 0) is 5.60 Å². The summed E-state index contributed by atoms with van der Waals surface area (Å²) in [5.74, 6) is 1.01. The molecule has 4 rings (SSSR count). The fourth-order valence-corrected chi connectivity index (χ4v) is 5.55. The summed E-state index contributed by atoms with van der Waals surface area (Å²) in [6.07, 6.45) is 4.69. The monoisotopic (exact) mass is 408 g/mol. The summed E-state index contributed by atoms with van der Waals surface area (Å²) >= 11 is 0. The van der Waals surface area contributed by atoms with Crippen molar-refractivity contribution in [3.05, 3.63) is 65.0 Å². The maximum atomic E-state index is 12.3. The first-order valence-electron chi connectivity index (χ1n) is 11.1. The van der Waals surface area contributed by atoms with Crippen LogP contribution in [0.5, 0.6) is 0 Å². The van der Waals surface area contributed by atoms with Crippen molar-refractivity contribution < 1.29 is 10.2 Å². The molecule has 1 saturated carbocycles. The third kappa shape index (κ3) is 3.49. The van der Waals surface area contributed by atoms with Gasteiger partial charge in [-0.05, 0) is 67.8 Å². The SMILES string of the molecule is CC(C)c1ccc(C(O)(c2cncc(C3CC3C(C)(C)O)c2)C2(C)CN(C)C2)cc1. The van der Waals surface area contributed by atoms with Gasteiger partial charge in [-0.3, -0.25) is 4.98 Å². The van der Waals surface area contributed by atoms with Crippen LogP contribution < -0.4 is 0 Å². The molecule has 4 heteroatoms. The van der Waals surface area contributed by atoms with E-state index < -0.39 is 11.2 Å². The Bertz CT molecular complexity index is 909. The van der Waals surface area contributed by atoms with Gasteiger partial charge in [-0.15, -0.1) is 0 Å². The van der Waals surface area contributed by atoms with Crippen molar-refractivity contribution in [1.82, 2.24) is 9.88 Å². The topological polar surface area (TPSA) is 56.6 Å². The first kappa shape index (κ1) is 21.5. The molecule has 2 heterocycles. The molecule has 0 amide bonds. The summed E-state index contributed by atoms with van der Waals surface area (Å²) in [7, 11) is 2.09. The number of nitrogens with zero attached hydrogens (tertiary/aromatic N) is 2. The smallest absolute Gasteiger partial charge is 0.124 e. The summed E-state index contributed by atoms with van der Waals surface area (Å²) in [4.78, 5) is 6.78. The zero-order valence-corrected chi connectivity index (χ0v) is 19.2. The van der Waals surface area contributed by atoms with Crippen molar-refractivity contribution >= 4 is 0 Å². The van der Waals surface area contributed by atoms with Crippen LogP contribution in [0.3, 0.4) is 0 Å². The van der Waals surface area contributed by atoms with Crippen LogP contribution in [0.1, 0.15) is 75.1 Å². The molecule has 2 aliphatic rings. The zero-order valence-electron chi connectivity index (χ0n) is 19.2. The minimum atomic E-state index is -1.11. The molecule has 4 nitrogen and oxygen atoms in total. The van der Waals surface area contributed by atoms with Gasteiger partial charge in [0.2, 0.25) is 0 Å². The van der Waals surface area contributed by atoms with E-state index in [0.29, 0.717) is 11.8 Å². The Kier molecular flexibility index (Phi) is 5.12. The lowest BCUT2D eigenvalue weighted by Gasteiger charge is -2.56. The Morgan fingerprint density at radius 3 is 2.20 bits per heavy atom. The van der Waals surface area contributed by atoms with Crippen LogP contribution in [0.25, 0.3) is 0 Å². The Morgan fingerprint density at radius 2 is 1.70 bits per heavy atom. The molecule has 3 atom stereocenters. The number of hydrogen-bond donors (Lipinski definition) is 2. The maximum Gasteiger partial charge on any atom is 0.124 e. The Hall–Kier alpha value is -1.75. The maximum absolute atomic E-state index is 12.3. The lowest BCUT2D eigenvalue weighted by Crippen LogP contribution is -2.63. The van der Waals surface area contributed by atoms with Crippen LogP contribution >= 0.6 is 0 Å². The second kappa shape index (κ2) is 7.15. The van der Waals surface area contributed by atoms with Gasteiger partial charge < -0.3 is 15.1 Å². The van der Waals surface area contributed by atoms with E-state index in [1.54, 1.807) is 0 Å². The summed E-state index contributed by atoms with van der Waals surface area (Å²) < 4.78 is 0. The van der Waals surface area contributed by atoms with Gasteiger partial charge in [-0.2, -0.15) is 0 Å². The summed E-state index contributed by atoms with van der Waals surface area (Å²) in [6.45, 7) is 12.0. The number of pyridine rings is 1. The van der Waals surface area contributed by atoms with E-state index in [-0.39, 0.29) is 11.3 Å². The van der Waals surface area contributed by atoms with E-state index in [1.165, 1.54) is 5.56 Å². The van der Waals surface area contributed by atoms with Gasteiger partial charge in [-0.1, -0.05) is 45.0 Å². The highest BCUT2D eigenvalue weighted by Crippen LogP contribution is 2.55. The van der Waals surface area contributed by atoms with E-state index in [0.717, 1.165) is 36.2 Å². The quantitative estimate of drug-likeness (QED) is 0.750. The van der Waals surface area contributed by atoms with Gasteiger partial charge in [0.05, 0.1) is 5.60 Å². The van der Waals surface area contributed by atoms with Crippen molar-refractivity contribution in [3.63, 3.8) is 0 Å². The molecule has 1 aromatic carbocycles. The second-order valence-electron chi connectivity index (χ2n) is 10.8. The molecule has 1 aliphatic heterocycles. The van der Waals surface area contributed by atoms with Gasteiger partial charge >= 0.3 is 0 Å². The zero-order chi connectivity index (χ0) is 21.9. The molecule has 30 heavy (non-hydrogen) atoms. The molecule has 0 bridgehead atoms. The predicted octanol–water partition coefficient (Wildman–Crippen LogP) is 4.27. The molecule has 1 aliphatic carbocycles. The molecule has 2 N–H and O–H groups in total. The highest BCUT2D eigenvalue weighted by Gasteiger charge is 2.56. The molecule has 0 radical (unpaired) electrons. The van der Waals surface area contributed by atoms with Gasteiger partial charge in [0.25, 0.3) is 0 Å². The molecular formula is C26H36N2O2. The molecule has 2 fully saturated rings. The molecule has 2 aromatic rings. The van der Waals surface area contributed by atoms with Gasteiger partial charge in [0.1, 0.15) is 5.60 Å². The lowest BCUT2D eigenvalue weighted by molar-refractivity contribution is -0.127. The summed E-state index contributed by atoms with van der Waals surface area (Å²) in [5.41, 5.74) is 2.08. The first-order chi connectivity index (χ1) is 14.0. The van der Waals surface area contributed by atoms with Crippen molar-refractivity contribution in [2.45, 2.75) is 64.1 Å². The third-order valence-electron chi connectivity index (χ3n) is 7.41. The van der Waals surface area contributed by atoms with Crippen LogP contribution in [0.15, 0.2) is 42.7 Å². The fraction of sp³-hybridized carbons (Fsp3) is 0.577. The summed E-state index contributed by atoms with van der Waals surface area (Å²) in [6, 6.07) is 10.6. The van der Waals surface area contributed by atoms with Crippen LogP contribution in [0.2, 0.25) is 0 Å². The summed E-state index contributed by atoms with van der Waals surface area (Å²) in [5, 5.41) is 22.7. The van der Waals surface area contributed by atoms with Crippen molar-refractivity contribution in [2.24, 2.45) is 11.3 Å². The molecule has 1 saturated heterocycles. The second-order valence-corrected chi connectivity index (χ2v) is 10.8. The average Bonchev–Trinajstić information content (AvgIpc) is 3.47. The fourth-order valence-electron chi connectivity index (χ4n) is 5.55. The van der Waals surface area contributed by atoms with Crippen LogP contribution in [-0.4, -0.2) is 45.8 Å². The number of aromatic nitrogens is 1. The average molecular weight is 409 g/mol. The van der Waals surface area contributed by atoms with Gasteiger partial charge in [0.15, 0.2) is 0 Å². The molecule has 3 unspecified atom stereocenters. The molecular weight excluding hydrogens is 372 g/mol. The Labute approximate surface area is 181 Å². The van der Waals surface area contributed by atoms with E-state index in [4.69, 9.17) is 0 Å². The standard InChI is InChI=1S/C26H36N2O2/c1-17(2)18-7-9-20(10-8-18)26(30,25(5)15-28(6)16-25)21-11-19(13-27-14-21)22-12-23(22)24(3,4)29/h7-11,13-14,17,22-23,29-30H,12,15-16H2,1-6H3. The number of benzene rings is 1. The number of hydrogen-bond acceptors (Lipinski definition) is 4. The number of rotatable bonds is 6. The van der Waals surface area contributed by atoms with E-state index in [9.17, 15) is 10.2 Å². The Balaban J connectivity index is 1.75. The number of aliphatic hydroxyl groups is 2.